The first kappa shape index (κ1) is 22.8. The lowest BCUT2D eigenvalue weighted by Gasteiger charge is -2.30. The Bertz CT molecular complexity index is 533. The minimum atomic E-state index is -0.0672. The van der Waals surface area contributed by atoms with Gasteiger partial charge in [0.25, 0.3) is 0 Å². The number of anilines is 1. The highest BCUT2D eigenvalue weighted by molar-refractivity contribution is 14.0. The van der Waals surface area contributed by atoms with Crippen LogP contribution in [-0.4, -0.2) is 50.3 Å². The molecule has 6 nitrogen and oxygen atoms in total. The smallest absolute Gasteiger partial charge is 0.193 e. The molecule has 0 saturated heterocycles. The number of guanidine groups is 1. The average molecular weight is 450 g/mol. The van der Waals surface area contributed by atoms with Gasteiger partial charge in [0.1, 0.15) is 11.5 Å². The van der Waals surface area contributed by atoms with Crippen molar-refractivity contribution in [2.24, 2.45) is 10.7 Å². The van der Waals surface area contributed by atoms with Crippen LogP contribution in [0, 0.1) is 0 Å². The highest BCUT2D eigenvalue weighted by Gasteiger charge is 2.19. The number of ether oxygens (including phenoxy) is 2. The van der Waals surface area contributed by atoms with Gasteiger partial charge in [0.05, 0.1) is 25.4 Å². The van der Waals surface area contributed by atoms with E-state index in [1.807, 2.05) is 46.1 Å². The molecule has 3 N–H and O–H groups in total. The molecule has 1 rings (SSSR count). The third-order valence-electron chi connectivity index (χ3n) is 3.67. The standard InChI is InChI=1S/C17H30N4O2.HI/c1-7-22-13-9-10-15(23-8-2)14(11-13)20-16(18)19-12-17(3,4)21(5)6;/h9-11H,7-8,12H2,1-6H3,(H3,18,19,20);1H. The number of nitrogens with one attached hydrogen (secondary N) is 1. The Kier molecular flexibility index (Phi) is 10.1. The number of benzene rings is 1. The van der Waals surface area contributed by atoms with Crippen LogP contribution in [0.1, 0.15) is 27.7 Å². The molecule has 0 saturated carbocycles. The maximum absolute atomic E-state index is 6.03. The maximum Gasteiger partial charge on any atom is 0.193 e. The summed E-state index contributed by atoms with van der Waals surface area (Å²) in [5.74, 6) is 1.84. The summed E-state index contributed by atoms with van der Waals surface area (Å²) in [6, 6.07) is 5.62. The van der Waals surface area contributed by atoms with Crippen molar-refractivity contribution in [3.63, 3.8) is 0 Å². The molecule has 0 heterocycles. The normalized spacial score (nSPS) is 11.9. The Morgan fingerprint density at radius 1 is 1.21 bits per heavy atom. The second-order valence-electron chi connectivity index (χ2n) is 6.06. The van der Waals surface area contributed by atoms with Crippen molar-refractivity contribution >= 4 is 35.6 Å². The van der Waals surface area contributed by atoms with Gasteiger partial charge in [-0.3, -0.25) is 4.99 Å². The van der Waals surface area contributed by atoms with Crippen LogP contribution in [0.25, 0.3) is 0 Å². The van der Waals surface area contributed by atoms with E-state index < -0.39 is 0 Å². The van der Waals surface area contributed by atoms with Crippen LogP contribution in [-0.2, 0) is 0 Å². The van der Waals surface area contributed by atoms with E-state index in [-0.39, 0.29) is 29.5 Å². The SMILES string of the molecule is CCOc1ccc(OCC)c(NC(N)=NCC(C)(C)N(C)C)c1.I. The molecule has 0 aliphatic heterocycles. The number of rotatable bonds is 8. The summed E-state index contributed by atoms with van der Waals surface area (Å²) in [5.41, 5.74) is 6.71. The zero-order valence-corrected chi connectivity index (χ0v) is 17.9. The second-order valence-corrected chi connectivity index (χ2v) is 6.06. The number of aliphatic imine (C=N–C) groups is 1. The van der Waals surface area contributed by atoms with E-state index in [4.69, 9.17) is 15.2 Å². The maximum atomic E-state index is 6.03. The van der Waals surface area contributed by atoms with Crippen molar-refractivity contribution < 1.29 is 9.47 Å². The number of nitrogens with zero attached hydrogens (tertiary/aromatic N) is 2. The van der Waals surface area contributed by atoms with E-state index >= 15 is 0 Å². The summed E-state index contributed by atoms with van der Waals surface area (Å²) < 4.78 is 11.1. The molecule has 0 unspecified atom stereocenters. The van der Waals surface area contributed by atoms with E-state index in [1.165, 1.54) is 0 Å². The number of hydrogen-bond acceptors (Lipinski definition) is 4. The highest BCUT2D eigenvalue weighted by atomic mass is 127. The van der Waals surface area contributed by atoms with Gasteiger partial charge in [0.2, 0.25) is 0 Å². The molecule has 0 aromatic heterocycles. The third kappa shape index (κ3) is 7.12. The fraction of sp³-hybridized carbons (Fsp3) is 0.588. The molecular weight excluding hydrogens is 419 g/mol. The predicted octanol–water partition coefficient (Wildman–Crippen LogP) is 3.17. The Balaban J connectivity index is 0.00000529. The summed E-state index contributed by atoms with van der Waals surface area (Å²) in [6.45, 7) is 9.89. The van der Waals surface area contributed by atoms with Crippen LogP contribution in [0.5, 0.6) is 11.5 Å². The molecule has 0 aliphatic rings. The molecule has 0 aliphatic carbocycles. The zero-order valence-electron chi connectivity index (χ0n) is 15.5. The van der Waals surface area contributed by atoms with E-state index in [1.54, 1.807) is 0 Å². The van der Waals surface area contributed by atoms with Gasteiger partial charge in [0, 0.05) is 11.6 Å². The zero-order chi connectivity index (χ0) is 17.5. The lowest BCUT2D eigenvalue weighted by Crippen LogP contribution is -2.41. The summed E-state index contributed by atoms with van der Waals surface area (Å²) in [6.07, 6.45) is 0. The van der Waals surface area contributed by atoms with Gasteiger partial charge < -0.3 is 25.4 Å². The van der Waals surface area contributed by atoms with E-state index in [2.05, 4.69) is 29.1 Å². The molecule has 0 fully saturated rings. The van der Waals surface area contributed by atoms with Gasteiger partial charge in [-0.15, -0.1) is 24.0 Å². The molecular formula is C17H31IN4O2. The monoisotopic (exact) mass is 450 g/mol. The van der Waals surface area contributed by atoms with E-state index in [0.29, 0.717) is 25.7 Å². The van der Waals surface area contributed by atoms with E-state index in [9.17, 15) is 0 Å². The molecule has 1 aromatic carbocycles. The number of hydrogen-bond donors (Lipinski definition) is 2. The van der Waals surface area contributed by atoms with Crippen LogP contribution < -0.4 is 20.5 Å². The Morgan fingerprint density at radius 3 is 2.38 bits per heavy atom. The van der Waals surface area contributed by atoms with Crippen LogP contribution in [0.2, 0.25) is 0 Å². The lowest BCUT2D eigenvalue weighted by atomic mass is 10.1. The van der Waals surface area contributed by atoms with Gasteiger partial charge in [-0.05, 0) is 53.9 Å². The van der Waals surface area contributed by atoms with Gasteiger partial charge in [0.15, 0.2) is 5.96 Å². The van der Waals surface area contributed by atoms with Crippen LogP contribution in [0.3, 0.4) is 0 Å². The Labute approximate surface area is 162 Å². The largest absolute Gasteiger partial charge is 0.494 e. The molecule has 0 spiro atoms. The Hall–Kier alpha value is -1.22. The highest BCUT2D eigenvalue weighted by Crippen LogP contribution is 2.29. The first-order valence-electron chi connectivity index (χ1n) is 7.94. The van der Waals surface area contributed by atoms with Crippen molar-refractivity contribution in [3.8, 4) is 11.5 Å². The molecule has 7 heteroatoms. The number of halogens is 1. The summed E-state index contributed by atoms with van der Waals surface area (Å²) >= 11 is 0. The summed E-state index contributed by atoms with van der Waals surface area (Å²) in [5, 5.41) is 3.11. The fourth-order valence-electron chi connectivity index (χ4n) is 1.74. The summed E-state index contributed by atoms with van der Waals surface area (Å²) in [4.78, 5) is 6.55. The van der Waals surface area contributed by atoms with Crippen molar-refractivity contribution in [1.82, 2.24) is 4.90 Å². The average Bonchev–Trinajstić information content (AvgIpc) is 2.48. The first-order chi connectivity index (χ1) is 10.8. The first-order valence-corrected chi connectivity index (χ1v) is 7.94. The second kappa shape index (κ2) is 10.6. The quantitative estimate of drug-likeness (QED) is 0.362. The molecule has 138 valence electrons. The number of likely N-dealkylation sites (N-methyl/N-ethyl adjacent to an activating group) is 1. The molecule has 0 radical (unpaired) electrons. The fourth-order valence-corrected chi connectivity index (χ4v) is 1.74. The molecule has 0 amide bonds. The molecule has 1 aromatic rings. The number of nitrogens with two attached hydrogens (primary N) is 1. The molecule has 0 bridgehead atoms. The van der Waals surface area contributed by atoms with Crippen LogP contribution in [0.15, 0.2) is 23.2 Å². The minimum absolute atomic E-state index is 0. The van der Waals surface area contributed by atoms with Crippen molar-refractivity contribution in [2.75, 3.05) is 39.2 Å². The Morgan fingerprint density at radius 2 is 1.83 bits per heavy atom. The van der Waals surface area contributed by atoms with Gasteiger partial charge in [-0.2, -0.15) is 0 Å². The van der Waals surface area contributed by atoms with Gasteiger partial charge >= 0.3 is 0 Å². The van der Waals surface area contributed by atoms with Gasteiger partial charge in [-0.25, -0.2) is 0 Å². The summed E-state index contributed by atoms with van der Waals surface area (Å²) in [7, 11) is 4.05. The molecule has 24 heavy (non-hydrogen) atoms. The van der Waals surface area contributed by atoms with Gasteiger partial charge in [-0.1, -0.05) is 0 Å². The minimum Gasteiger partial charge on any atom is -0.494 e. The van der Waals surface area contributed by atoms with Crippen molar-refractivity contribution in [3.05, 3.63) is 18.2 Å². The van der Waals surface area contributed by atoms with Crippen LogP contribution >= 0.6 is 24.0 Å². The topological polar surface area (TPSA) is 72.1 Å². The lowest BCUT2D eigenvalue weighted by molar-refractivity contribution is 0.205. The van der Waals surface area contributed by atoms with E-state index in [0.717, 1.165) is 17.2 Å². The van der Waals surface area contributed by atoms with Crippen molar-refractivity contribution in [2.45, 2.75) is 33.2 Å². The van der Waals surface area contributed by atoms with Crippen molar-refractivity contribution in [1.29, 1.82) is 0 Å². The predicted molar refractivity (Wildman–Crippen MR) is 112 cm³/mol. The molecule has 0 atom stereocenters. The third-order valence-corrected chi connectivity index (χ3v) is 3.67. The van der Waals surface area contributed by atoms with Crippen LogP contribution in [0.4, 0.5) is 5.69 Å².